The zero-order valence-corrected chi connectivity index (χ0v) is 13.5. The van der Waals surface area contributed by atoms with E-state index in [1.807, 2.05) is 0 Å². The second kappa shape index (κ2) is 7.44. The fraction of sp³-hybridized carbons (Fsp3) is 0.235. The van der Waals surface area contributed by atoms with Crippen LogP contribution in [-0.4, -0.2) is 18.1 Å². The summed E-state index contributed by atoms with van der Waals surface area (Å²) < 4.78 is 18.2. The fourth-order valence-corrected chi connectivity index (χ4v) is 2.31. The van der Waals surface area contributed by atoms with Gasteiger partial charge >= 0.3 is 0 Å². The lowest BCUT2D eigenvalue weighted by Crippen LogP contribution is -2.31. The van der Waals surface area contributed by atoms with Crippen LogP contribution in [0.5, 0.6) is 5.75 Å². The number of amides is 1. The summed E-state index contributed by atoms with van der Waals surface area (Å²) in [6.45, 7) is 1.72. The first kappa shape index (κ1) is 17.2. The molecule has 0 saturated heterocycles. The van der Waals surface area contributed by atoms with E-state index in [4.69, 9.17) is 16.3 Å². The van der Waals surface area contributed by atoms with Crippen LogP contribution in [0.4, 0.5) is 4.39 Å². The van der Waals surface area contributed by atoms with E-state index in [1.54, 1.807) is 31.2 Å². The van der Waals surface area contributed by atoms with Crippen LogP contribution in [0, 0.1) is 5.82 Å². The van der Waals surface area contributed by atoms with Crippen LogP contribution in [-0.2, 0) is 4.79 Å². The number of ether oxygens (including phenoxy) is 1. The molecule has 0 spiro atoms. The zero-order valence-electron chi connectivity index (χ0n) is 12.7. The van der Waals surface area contributed by atoms with Crippen molar-refractivity contribution in [1.82, 2.24) is 5.32 Å². The van der Waals surface area contributed by atoms with Gasteiger partial charge in [0.15, 0.2) is 6.10 Å². The monoisotopic (exact) mass is 337 g/mol. The maximum atomic E-state index is 13.2. The summed E-state index contributed by atoms with van der Waals surface area (Å²) >= 11 is 5.74. The van der Waals surface area contributed by atoms with Crippen molar-refractivity contribution in [3.63, 3.8) is 0 Å². The Bertz CT molecular complexity index is 708. The number of rotatable bonds is 5. The topological polar surface area (TPSA) is 58.6 Å². The SMILES string of the molecule is COc1cccc(C(O)C(=O)NC(C)c2ccc(F)c(Cl)c2)c1. The maximum absolute atomic E-state index is 13.2. The Morgan fingerprint density at radius 2 is 2.00 bits per heavy atom. The minimum Gasteiger partial charge on any atom is -0.497 e. The van der Waals surface area contributed by atoms with E-state index in [9.17, 15) is 14.3 Å². The largest absolute Gasteiger partial charge is 0.497 e. The second-order valence-corrected chi connectivity index (χ2v) is 5.49. The van der Waals surface area contributed by atoms with Crippen LogP contribution in [0.3, 0.4) is 0 Å². The number of halogens is 2. The van der Waals surface area contributed by atoms with Crippen molar-refractivity contribution in [3.8, 4) is 5.75 Å². The molecule has 0 aliphatic carbocycles. The van der Waals surface area contributed by atoms with Crippen LogP contribution in [0.2, 0.25) is 5.02 Å². The third kappa shape index (κ3) is 4.21. The maximum Gasteiger partial charge on any atom is 0.253 e. The van der Waals surface area contributed by atoms with Gasteiger partial charge in [-0.05, 0) is 42.3 Å². The molecule has 1 amide bonds. The van der Waals surface area contributed by atoms with E-state index >= 15 is 0 Å². The number of benzene rings is 2. The van der Waals surface area contributed by atoms with Crippen LogP contribution >= 0.6 is 11.6 Å². The molecule has 0 aliphatic heterocycles. The molecule has 122 valence electrons. The van der Waals surface area contributed by atoms with Crippen molar-refractivity contribution in [3.05, 3.63) is 64.4 Å². The minimum absolute atomic E-state index is 0.0167. The van der Waals surface area contributed by atoms with Crippen molar-refractivity contribution in [1.29, 1.82) is 0 Å². The van der Waals surface area contributed by atoms with Gasteiger partial charge in [-0.2, -0.15) is 0 Å². The lowest BCUT2D eigenvalue weighted by atomic mass is 10.1. The van der Waals surface area contributed by atoms with Gasteiger partial charge in [-0.25, -0.2) is 4.39 Å². The van der Waals surface area contributed by atoms with E-state index < -0.39 is 23.9 Å². The van der Waals surface area contributed by atoms with Crippen LogP contribution < -0.4 is 10.1 Å². The number of methoxy groups -OCH3 is 1. The highest BCUT2D eigenvalue weighted by molar-refractivity contribution is 6.30. The molecular weight excluding hydrogens is 321 g/mol. The highest BCUT2D eigenvalue weighted by Gasteiger charge is 2.20. The van der Waals surface area contributed by atoms with Crippen molar-refractivity contribution in [2.24, 2.45) is 0 Å². The predicted octanol–water partition coefficient (Wildman–Crippen LogP) is 3.40. The Morgan fingerprint density at radius 1 is 1.26 bits per heavy atom. The normalized spacial score (nSPS) is 13.3. The number of aliphatic hydroxyl groups excluding tert-OH is 1. The van der Waals surface area contributed by atoms with Crippen molar-refractivity contribution >= 4 is 17.5 Å². The smallest absolute Gasteiger partial charge is 0.253 e. The van der Waals surface area contributed by atoms with Crippen LogP contribution in [0.15, 0.2) is 42.5 Å². The Kier molecular flexibility index (Phi) is 5.58. The minimum atomic E-state index is -1.33. The fourth-order valence-electron chi connectivity index (χ4n) is 2.12. The van der Waals surface area contributed by atoms with E-state index in [-0.39, 0.29) is 5.02 Å². The standard InChI is InChI=1S/C17H17ClFNO3/c1-10(11-6-7-15(19)14(18)9-11)20-17(22)16(21)12-4-3-5-13(8-12)23-2/h3-10,16,21H,1-2H3,(H,20,22). The lowest BCUT2D eigenvalue weighted by molar-refractivity contribution is -0.130. The van der Waals surface area contributed by atoms with Gasteiger partial charge in [0, 0.05) is 0 Å². The molecule has 2 unspecified atom stereocenters. The Hall–Kier alpha value is -2.11. The first-order valence-corrected chi connectivity index (χ1v) is 7.37. The number of carbonyl (C=O) groups is 1. The van der Waals surface area contributed by atoms with Crippen molar-refractivity contribution in [2.75, 3.05) is 7.11 Å². The quantitative estimate of drug-likeness (QED) is 0.879. The summed E-state index contributed by atoms with van der Waals surface area (Å²) in [4.78, 5) is 12.2. The first-order chi connectivity index (χ1) is 10.9. The van der Waals surface area contributed by atoms with Gasteiger partial charge in [0.1, 0.15) is 11.6 Å². The molecule has 2 N–H and O–H groups in total. The molecule has 2 rings (SSSR count). The summed E-state index contributed by atoms with van der Waals surface area (Å²) in [5.41, 5.74) is 1.06. The average molecular weight is 338 g/mol. The molecule has 2 aromatic carbocycles. The molecule has 0 heterocycles. The molecule has 23 heavy (non-hydrogen) atoms. The van der Waals surface area contributed by atoms with Gasteiger partial charge in [-0.15, -0.1) is 0 Å². The van der Waals surface area contributed by atoms with Gasteiger partial charge in [0.05, 0.1) is 18.2 Å². The van der Waals surface area contributed by atoms with Crippen LogP contribution in [0.25, 0.3) is 0 Å². The molecule has 0 saturated carbocycles. The average Bonchev–Trinajstić information content (AvgIpc) is 2.56. The number of nitrogens with one attached hydrogen (secondary N) is 1. The molecule has 6 heteroatoms. The predicted molar refractivity (Wildman–Crippen MR) is 85.9 cm³/mol. The number of hydrogen-bond acceptors (Lipinski definition) is 3. The zero-order chi connectivity index (χ0) is 17.0. The summed E-state index contributed by atoms with van der Waals surface area (Å²) in [7, 11) is 1.51. The second-order valence-electron chi connectivity index (χ2n) is 5.08. The van der Waals surface area contributed by atoms with Crippen molar-refractivity contribution in [2.45, 2.75) is 19.1 Å². The Balaban J connectivity index is 2.09. The van der Waals surface area contributed by atoms with Gasteiger partial charge in [0.2, 0.25) is 0 Å². The summed E-state index contributed by atoms with van der Waals surface area (Å²) in [6.07, 6.45) is -1.33. The molecule has 4 nitrogen and oxygen atoms in total. The van der Waals surface area contributed by atoms with E-state index in [2.05, 4.69) is 5.32 Å². The van der Waals surface area contributed by atoms with Crippen molar-refractivity contribution < 1.29 is 19.0 Å². The Morgan fingerprint density at radius 3 is 2.65 bits per heavy atom. The van der Waals surface area contributed by atoms with E-state index in [1.165, 1.54) is 25.3 Å². The summed E-state index contributed by atoms with van der Waals surface area (Å²) in [6, 6.07) is 10.4. The molecular formula is C17H17ClFNO3. The first-order valence-electron chi connectivity index (χ1n) is 6.99. The molecule has 0 aromatic heterocycles. The third-order valence-corrected chi connectivity index (χ3v) is 3.75. The molecule has 2 atom stereocenters. The summed E-state index contributed by atoms with van der Waals surface area (Å²) in [5, 5.41) is 12.8. The van der Waals surface area contributed by atoms with Crippen LogP contribution in [0.1, 0.15) is 30.2 Å². The molecule has 0 bridgehead atoms. The number of aliphatic hydroxyl groups is 1. The van der Waals surface area contributed by atoms with Gasteiger partial charge in [-0.3, -0.25) is 4.79 Å². The number of hydrogen-bond donors (Lipinski definition) is 2. The molecule has 0 fully saturated rings. The highest BCUT2D eigenvalue weighted by atomic mass is 35.5. The van der Waals surface area contributed by atoms with E-state index in [0.29, 0.717) is 16.9 Å². The molecule has 0 radical (unpaired) electrons. The summed E-state index contributed by atoms with van der Waals surface area (Å²) in [5.74, 6) is -0.538. The number of carbonyl (C=O) groups excluding carboxylic acids is 1. The van der Waals surface area contributed by atoms with Gasteiger partial charge in [-0.1, -0.05) is 29.8 Å². The third-order valence-electron chi connectivity index (χ3n) is 3.46. The highest BCUT2D eigenvalue weighted by Crippen LogP contribution is 2.23. The lowest BCUT2D eigenvalue weighted by Gasteiger charge is -2.18. The van der Waals surface area contributed by atoms with E-state index in [0.717, 1.165) is 0 Å². The van der Waals surface area contributed by atoms with Gasteiger partial charge in [0.25, 0.3) is 5.91 Å². The molecule has 0 aliphatic rings. The Labute approximate surface area is 138 Å². The van der Waals surface area contributed by atoms with Gasteiger partial charge < -0.3 is 15.2 Å². The molecule has 2 aromatic rings.